The number of ether oxygens (including phenoxy) is 1. The molecule has 1 saturated heterocycles. The number of hydrogen-bond acceptors (Lipinski definition) is 8. The van der Waals surface area contributed by atoms with Crippen molar-refractivity contribution in [3.8, 4) is 5.75 Å². The van der Waals surface area contributed by atoms with E-state index in [0.29, 0.717) is 36.7 Å². The Kier molecular flexibility index (Phi) is 4.43. The number of anilines is 4. The van der Waals surface area contributed by atoms with Crippen LogP contribution in [0.25, 0.3) is 0 Å². The summed E-state index contributed by atoms with van der Waals surface area (Å²) in [6.45, 7) is 1.63. The molecule has 2 aromatic rings. The van der Waals surface area contributed by atoms with Gasteiger partial charge >= 0.3 is 0 Å². The summed E-state index contributed by atoms with van der Waals surface area (Å²) < 4.78 is 5.93. The van der Waals surface area contributed by atoms with Gasteiger partial charge in [0.25, 0.3) is 5.91 Å². The van der Waals surface area contributed by atoms with Crippen LogP contribution in [0.15, 0.2) is 24.4 Å². The molecule has 30 heavy (non-hydrogen) atoms. The highest BCUT2D eigenvalue weighted by atomic mass is 16.5. The van der Waals surface area contributed by atoms with Crippen LogP contribution < -0.4 is 26.0 Å². The predicted octanol–water partition coefficient (Wildman–Crippen LogP) is 0.933. The Morgan fingerprint density at radius 1 is 1.33 bits per heavy atom. The minimum absolute atomic E-state index is 0.0169. The summed E-state index contributed by atoms with van der Waals surface area (Å²) in [5, 5.41) is 6.36. The smallest absolute Gasteiger partial charge is 0.254 e. The fraction of sp³-hybridized carbons (Fsp3) is 0.400. The highest BCUT2D eigenvalue weighted by molar-refractivity contribution is 5.99. The zero-order valence-corrected chi connectivity index (χ0v) is 16.6. The number of benzene rings is 1. The minimum Gasteiger partial charge on any atom is -0.489 e. The number of carbonyl (C=O) groups excluding carboxylic acids is 2. The summed E-state index contributed by atoms with van der Waals surface area (Å²) in [5.74, 6) is 0.910. The van der Waals surface area contributed by atoms with Crippen LogP contribution in [0.1, 0.15) is 23.2 Å². The van der Waals surface area contributed by atoms with Gasteiger partial charge in [0.2, 0.25) is 11.9 Å². The maximum atomic E-state index is 12.5. The van der Waals surface area contributed by atoms with Crippen LogP contribution in [0.5, 0.6) is 5.75 Å². The number of primary amides is 1. The molecule has 1 unspecified atom stereocenters. The van der Waals surface area contributed by atoms with Gasteiger partial charge in [-0.3, -0.25) is 14.5 Å². The van der Waals surface area contributed by atoms with Gasteiger partial charge in [-0.15, -0.1) is 0 Å². The van der Waals surface area contributed by atoms with E-state index in [9.17, 15) is 9.59 Å². The molecule has 4 N–H and O–H groups in total. The molecule has 1 aliphatic carbocycles. The summed E-state index contributed by atoms with van der Waals surface area (Å²) >= 11 is 0. The van der Waals surface area contributed by atoms with Crippen LogP contribution in [0.4, 0.5) is 23.1 Å². The number of piperazine rings is 1. The van der Waals surface area contributed by atoms with Crippen molar-refractivity contribution in [1.82, 2.24) is 14.9 Å². The van der Waals surface area contributed by atoms with Crippen LogP contribution in [-0.4, -0.2) is 65.5 Å². The average Bonchev–Trinajstić information content (AvgIpc) is 3.51. The number of hydrogen-bond donors (Lipinski definition) is 3. The maximum Gasteiger partial charge on any atom is 0.254 e. The third-order valence-corrected chi connectivity index (χ3v) is 5.44. The van der Waals surface area contributed by atoms with Crippen LogP contribution in [0.3, 0.4) is 0 Å². The molecule has 2 aliphatic heterocycles. The van der Waals surface area contributed by atoms with Crippen LogP contribution in [0.2, 0.25) is 0 Å². The van der Waals surface area contributed by atoms with Crippen molar-refractivity contribution in [1.29, 1.82) is 0 Å². The second-order valence-corrected chi connectivity index (χ2v) is 7.97. The van der Waals surface area contributed by atoms with Crippen molar-refractivity contribution < 1.29 is 14.3 Å². The van der Waals surface area contributed by atoms with E-state index in [1.165, 1.54) is 6.20 Å². The molecule has 2 amide bonds. The van der Waals surface area contributed by atoms with Crippen molar-refractivity contribution in [2.24, 2.45) is 5.73 Å². The normalized spacial score (nSPS) is 20.8. The molecule has 2 fully saturated rings. The third kappa shape index (κ3) is 3.50. The number of nitrogens with two attached hydrogens (primary N) is 1. The van der Waals surface area contributed by atoms with E-state index in [1.54, 1.807) is 0 Å². The molecular formula is C20H23N7O3. The lowest BCUT2D eigenvalue weighted by Gasteiger charge is -2.43. The van der Waals surface area contributed by atoms with Crippen LogP contribution in [0, 0.1) is 0 Å². The highest BCUT2D eigenvalue weighted by Crippen LogP contribution is 2.38. The van der Waals surface area contributed by atoms with E-state index >= 15 is 0 Å². The molecule has 1 aromatic carbocycles. The standard InChI is InChI=1S/C20H23N7O3/c1-26-8-13-10-30-16-6-12(4-5-15(16)27(13)17(28)9-26)24-20-22-7-14(18(21)29)19(25-20)23-11-2-3-11/h4-7,11,13H,2-3,8-10H2,1H3,(H2,21,29)(H2,22,23,24,25). The Balaban J connectivity index is 1.39. The molecule has 1 saturated carbocycles. The Hall–Kier alpha value is -3.40. The molecule has 3 heterocycles. The summed E-state index contributed by atoms with van der Waals surface area (Å²) in [7, 11) is 1.94. The molecule has 10 nitrogen and oxygen atoms in total. The Labute approximate surface area is 173 Å². The molecular weight excluding hydrogens is 386 g/mol. The minimum atomic E-state index is -0.571. The van der Waals surface area contributed by atoms with Gasteiger partial charge in [0.15, 0.2) is 0 Å². The lowest BCUT2D eigenvalue weighted by Crippen LogP contribution is -2.59. The summed E-state index contributed by atoms with van der Waals surface area (Å²) in [6.07, 6.45) is 3.50. The SMILES string of the molecule is CN1CC(=O)N2c3ccc(Nc4ncc(C(N)=O)c(NC5CC5)n4)cc3OCC2C1. The van der Waals surface area contributed by atoms with Gasteiger partial charge in [-0.05, 0) is 32.0 Å². The van der Waals surface area contributed by atoms with E-state index in [4.69, 9.17) is 10.5 Å². The van der Waals surface area contributed by atoms with Crippen molar-refractivity contribution in [3.05, 3.63) is 30.0 Å². The number of carbonyl (C=O) groups is 2. The van der Waals surface area contributed by atoms with Crippen molar-refractivity contribution in [3.63, 3.8) is 0 Å². The number of likely N-dealkylation sites (N-methyl/N-ethyl adjacent to an activating group) is 1. The topological polar surface area (TPSA) is 126 Å². The highest BCUT2D eigenvalue weighted by Gasteiger charge is 2.37. The number of fused-ring (bicyclic) bond motifs is 3. The Bertz CT molecular complexity index is 1020. The second kappa shape index (κ2) is 7.13. The van der Waals surface area contributed by atoms with Gasteiger partial charge in [0.1, 0.15) is 18.2 Å². The lowest BCUT2D eigenvalue weighted by atomic mass is 10.1. The van der Waals surface area contributed by atoms with Crippen LogP contribution >= 0.6 is 0 Å². The summed E-state index contributed by atoms with van der Waals surface area (Å²) in [6, 6.07) is 5.89. The maximum absolute atomic E-state index is 12.5. The van der Waals surface area contributed by atoms with Gasteiger partial charge in [-0.25, -0.2) is 4.98 Å². The van der Waals surface area contributed by atoms with Crippen LogP contribution in [-0.2, 0) is 4.79 Å². The number of aromatic nitrogens is 2. The molecule has 3 aliphatic rings. The number of nitrogens with one attached hydrogen (secondary N) is 2. The van der Waals surface area contributed by atoms with E-state index < -0.39 is 5.91 Å². The van der Waals surface area contributed by atoms with E-state index in [-0.39, 0.29) is 17.5 Å². The largest absolute Gasteiger partial charge is 0.489 e. The quantitative estimate of drug-likeness (QED) is 0.666. The van der Waals surface area contributed by atoms with Gasteiger partial charge in [0.05, 0.1) is 23.8 Å². The van der Waals surface area contributed by atoms with E-state index in [0.717, 1.165) is 30.8 Å². The monoisotopic (exact) mass is 409 g/mol. The lowest BCUT2D eigenvalue weighted by molar-refractivity contribution is -0.122. The van der Waals surface area contributed by atoms with Crippen molar-refractivity contribution in [2.45, 2.75) is 24.9 Å². The fourth-order valence-corrected chi connectivity index (χ4v) is 3.85. The summed E-state index contributed by atoms with van der Waals surface area (Å²) in [5.41, 5.74) is 7.19. The molecule has 10 heteroatoms. The number of rotatable bonds is 5. The average molecular weight is 409 g/mol. The number of amides is 2. The zero-order valence-electron chi connectivity index (χ0n) is 16.6. The first kappa shape index (κ1) is 18.6. The zero-order chi connectivity index (χ0) is 20.8. The Morgan fingerprint density at radius 2 is 2.17 bits per heavy atom. The van der Waals surface area contributed by atoms with Gasteiger partial charge in [0, 0.05) is 30.5 Å². The van der Waals surface area contributed by atoms with E-state index in [2.05, 4.69) is 20.6 Å². The molecule has 1 aromatic heterocycles. The first-order chi connectivity index (χ1) is 14.5. The van der Waals surface area contributed by atoms with E-state index in [1.807, 2.05) is 35.0 Å². The molecule has 1 atom stereocenters. The van der Waals surface area contributed by atoms with Crippen molar-refractivity contribution >= 4 is 35.0 Å². The van der Waals surface area contributed by atoms with Gasteiger partial charge < -0.3 is 26.0 Å². The summed E-state index contributed by atoms with van der Waals surface area (Å²) in [4.78, 5) is 36.7. The Morgan fingerprint density at radius 3 is 2.93 bits per heavy atom. The molecule has 5 rings (SSSR count). The van der Waals surface area contributed by atoms with Crippen molar-refractivity contribution in [2.75, 3.05) is 42.3 Å². The predicted molar refractivity (Wildman–Crippen MR) is 111 cm³/mol. The second-order valence-electron chi connectivity index (χ2n) is 7.97. The molecule has 0 bridgehead atoms. The molecule has 0 radical (unpaired) electrons. The van der Waals surface area contributed by atoms with Gasteiger partial charge in [-0.1, -0.05) is 0 Å². The first-order valence-corrected chi connectivity index (χ1v) is 9.96. The third-order valence-electron chi connectivity index (χ3n) is 5.44. The number of nitrogens with zero attached hydrogens (tertiary/aromatic N) is 4. The van der Waals surface area contributed by atoms with Gasteiger partial charge in [-0.2, -0.15) is 4.98 Å². The fourth-order valence-electron chi connectivity index (χ4n) is 3.85. The molecule has 0 spiro atoms. The first-order valence-electron chi connectivity index (χ1n) is 9.96. The molecule has 156 valence electrons.